The SMILES string of the molecule is CC(C)(C)n1cc(NC(=O)C2CC(F)(F)CN2)cn1.Cl. The van der Waals surface area contributed by atoms with Gasteiger partial charge >= 0.3 is 0 Å². The summed E-state index contributed by atoms with van der Waals surface area (Å²) in [5, 5.41) is 9.24. The highest BCUT2D eigenvalue weighted by Gasteiger charge is 2.42. The first-order valence-electron chi connectivity index (χ1n) is 6.15. The first-order valence-corrected chi connectivity index (χ1v) is 6.15. The molecule has 1 aromatic rings. The average Bonchev–Trinajstić information content (AvgIpc) is 2.83. The summed E-state index contributed by atoms with van der Waals surface area (Å²) >= 11 is 0. The molecule has 1 aliphatic rings. The van der Waals surface area contributed by atoms with Gasteiger partial charge in [0.15, 0.2) is 0 Å². The van der Waals surface area contributed by atoms with E-state index in [2.05, 4.69) is 15.7 Å². The molecule has 0 radical (unpaired) electrons. The fraction of sp³-hybridized carbons (Fsp3) is 0.667. The van der Waals surface area contributed by atoms with Crippen LogP contribution in [0, 0.1) is 0 Å². The molecule has 2 N–H and O–H groups in total. The molecule has 8 heteroatoms. The van der Waals surface area contributed by atoms with Gasteiger partial charge in [0.05, 0.1) is 30.0 Å². The number of carbonyl (C=O) groups excluding carboxylic acids is 1. The summed E-state index contributed by atoms with van der Waals surface area (Å²) in [6, 6.07) is -0.854. The van der Waals surface area contributed by atoms with Crippen LogP contribution in [0.1, 0.15) is 27.2 Å². The van der Waals surface area contributed by atoms with Crippen LogP contribution in [0.5, 0.6) is 0 Å². The van der Waals surface area contributed by atoms with E-state index < -0.39 is 30.8 Å². The van der Waals surface area contributed by atoms with Crippen molar-refractivity contribution in [3.05, 3.63) is 12.4 Å². The molecule has 20 heavy (non-hydrogen) atoms. The highest BCUT2D eigenvalue weighted by atomic mass is 35.5. The van der Waals surface area contributed by atoms with Crippen LogP contribution in [-0.4, -0.2) is 34.2 Å². The summed E-state index contributed by atoms with van der Waals surface area (Å²) in [5.41, 5.74) is 0.318. The largest absolute Gasteiger partial charge is 0.322 e. The van der Waals surface area contributed by atoms with Crippen molar-refractivity contribution in [2.45, 2.75) is 44.7 Å². The van der Waals surface area contributed by atoms with Crippen LogP contribution in [0.4, 0.5) is 14.5 Å². The van der Waals surface area contributed by atoms with Crippen molar-refractivity contribution in [3.63, 3.8) is 0 Å². The second kappa shape index (κ2) is 5.65. The lowest BCUT2D eigenvalue weighted by Crippen LogP contribution is -2.35. The lowest BCUT2D eigenvalue weighted by atomic mass is 10.1. The maximum atomic E-state index is 13.0. The van der Waals surface area contributed by atoms with Crippen molar-refractivity contribution in [3.8, 4) is 0 Å². The van der Waals surface area contributed by atoms with E-state index >= 15 is 0 Å². The van der Waals surface area contributed by atoms with Gasteiger partial charge in [-0.25, -0.2) is 8.78 Å². The maximum Gasteiger partial charge on any atom is 0.262 e. The van der Waals surface area contributed by atoms with Crippen molar-refractivity contribution in [2.75, 3.05) is 11.9 Å². The molecule has 0 spiro atoms. The molecule has 5 nitrogen and oxygen atoms in total. The molecule has 1 amide bonds. The van der Waals surface area contributed by atoms with Gasteiger partial charge < -0.3 is 5.32 Å². The second-order valence-electron chi connectivity index (χ2n) is 5.83. The monoisotopic (exact) mass is 308 g/mol. The van der Waals surface area contributed by atoms with Gasteiger partial charge in [0.1, 0.15) is 0 Å². The fourth-order valence-corrected chi connectivity index (χ4v) is 1.88. The van der Waals surface area contributed by atoms with E-state index in [0.717, 1.165) is 0 Å². The summed E-state index contributed by atoms with van der Waals surface area (Å²) in [4.78, 5) is 11.8. The van der Waals surface area contributed by atoms with Gasteiger partial charge in [-0.3, -0.25) is 14.8 Å². The Morgan fingerprint density at radius 3 is 2.65 bits per heavy atom. The van der Waals surface area contributed by atoms with E-state index in [-0.39, 0.29) is 17.9 Å². The lowest BCUT2D eigenvalue weighted by molar-refractivity contribution is -0.118. The smallest absolute Gasteiger partial charge is 0.262 e. The standard InChI is InChI=1S/C12H18F2N4O.ClH/c1-11(2,3)18-6-8(5-16-18)17-10(19)9-4-12(13,14)7-15-9;/h5-6,9,15H,4,7H2,1-3H3,(H,17,19);1H. The average molecular weight is 309 g/mol. The fourth-order valence-electron chi connectivity index (χ4n) is 1.88. The molecule has 0 aliphatic carbocycles. The van der Waals surface area contributed by atoms with Crippen molar-refractivity contribution < 1.29 is 13.6 Å². The molecule has 1 aliphatic heterocycles. The Bertz CT molecular complexity index is 484. The summed E-state index contributed by atoms with van der Waals surface area (Å²) in [7, 11) is 0. The predicted octanol–water partition coefficient (Wildman–Crippen LogP) is 2.00. The van der Waals surface area contributed by atoms with Crippen molar-refractivity contribution >= 4 is 24.0 Å². The Morgan fingerprint density at radius 2 is 2.20 bits per heavy atom. The van der Waals surface area contributed by atoms with E-state index in [1.54, 1.807) is 10.9 Å². The third-order valence-corrected chi connectivity index (χ3v) is 2.96. The number of rotatable bonds is 2. The van der Waals surface area contributed by atoms with Crippen molar-refractivity contribution in [2.24, 2.45) is 0 Å². The molecule has 0 aromatic carbocycles. The number of aromatic nitrogens is 2. The highest BCUT2D eigenvalue weighted by molar-refractivity contribution is 5.94. The molecular formula is C12H19ClF2N4O. The number of nitrogens with one attached hydrogen (secondary N) is 2. The first kappa shape index (κ1) is 16.8. The van der Waals surface area contributed by atoms with Gasteiger partial charge in [-0.05, 0) is 20.8 Å². The van der Waals surface area contributed by atoms with E-state index in [1.165, 1.54) is 6.20 Å². The molecular weight excluding hydrogens is 290 g/mol. The van der Waals surface area contributed by atoms with E-state index in [9.17, 15) is 13.6 Å². The minimum Gasteiger partial charge on any atom is -0.322 e. The Balaban J connectivity index is 0.00000200. The molecule has 2 heterocycles. The zero-order valence-corrected chi connectivity index (χ0v) is 12.4. The van der Waals surface area contributed by atoms with E-state index in [4.69, 9.17) is 0 Å². The number of nitrogens with zero attached hydrogens (tertiary/aromatic N) is 2. The summed E-state index contributed by atoms with van der Waals surface area (Å²) in [5.74, 6) is -3.26. The lowest BCUT2D eigenvalue weighted by Gasteiger charge is -2.18. The second-order valence-corrected chi connectivity index (χ2v) is 5.83. The third-order valence-electron chi connectivity index (χ3n) is 2.96. The third kappa shape index (κ3) is 3.89. The maximum absolute atomic E-state index is 13.0. The van der Waals surface area contributed by atoms with Crippen LogP contribution in [0.15, 0.2) is 12.4 Å². The van der Waals surface area contributed by atoms with Crippen molar-refractivity contribution in [1.29, 1.82) is 0 Å². The topological polar surface area (TPSA) is 59.0 Å². The number of carbonyl (C=O) groups is 1. The van der Waals surface area contributed by atoms with E-state index in [0.29, 0.717) is 5.69 Å². The number of anilines is 1. The molecule has 114 valence electrons. The molecule has 1 unspecified atom stereocenters. The highest BCUT2D eigenvalue weighted by Crippen LogP contribution is 2.25. The van der Waals surface area contributed by atoms with Crippen LogP contribution in [0.2, 0.25) is 0 Å². The number of halogens is 3. The van der Waals surface area contributed by atoms with Gasteiger partial charge in [0.2, 0.25) is 5.91 Å². The molecule has 1 fully saturated rings. The Morgan fingerprint density at radius 1 is 1.55 bits per heavy atom. The predicted molar refractivity (Wildman–Crippen MR) is 74.5 cm³/mol. The molecule has 0 saturated carbocycles. The van der Waals surface area contributed by atoms with Gasteiger partial charge in [0, 0.05) is 12.6 Å². The molecule has 1 aromatic heterocycles. The zero-order chi connectivity index (χ0) is 14.3. The van der Waals surface area contributed by atoms with Crippen LogP contribution in [0.3, 0.4) is 0 Å². The molecule has 1 saturated heterocycles. The van der Waals surface area contributed by atoms with Gasteiger partial charge in [0.25, 0.3) is 5.92 Å². The molecule has 0 bridgehead atoms. The summed E-state index contributed by atoms with van der Waals surface area (Å²) in [6.07, 6.45) is 2.73. The molecule has 1 atom stereocenters. The normalized spacial score (nSPS) is 21.4. The van der Waals surface area contributed by atoms with Crippen LogP contribution in [0.25, 0.3) is 0 Å². The number of hydrogen-bond donors (Lipinski definition) is 2. The number of amides is 1. The Labute approximate surface area is 122 Å². The quantitative estimate of drug-likeness (QED) is 0.878. The zero-order valence-electron chi connectivity index (χ0n) is 11.6. The van der Waals surface area contributed by atoms with Gasteiger partial charge in [-0.15, -0.1) is 12.4 Å². The molecule has 2 rings (SSSR count). The summed E-state index contributed by atoms with van der Waals surface area (Å²) < 4.78 is 27.7. The first-order chi connectivity index (χ1) is 8.67. The Hall–Kier alpha value is -1.21. The van der Waals surface area contributed by atoms with Gasteiger partial charge in [-0.2, -0.15) is 5.10 Å². The van der Waals surface area contributed by atoms with Crippen LogP contribution < -0.4 is 10.6 Å². The minimum atomic E-state index is -2.81. The minimum absolute atomic E-state index is 0. The van der Waals surface area contributed by atoms with E-state index in [1.807, 2.05) is 20.8 Å². The van der Waals surface area contributed by atoms with Crippen LogP contribution in [-0.2, 0) is 10.3 Å². The van der Waals surface area contributed by atoms with Crippen LogP contribution >= 0.6 is 12.4 Å². The number of alkyl halides is 2. The number of hydrogen-bond acceptors (Lipinski definition) is 3. The van der Waals surface area contributed by atoms with Crippen molar-refractivity contribution in [1.82, 2.24) is 15.1 Å². The Kier molecular flexibility index (Phi) is 4.76. The van der Waals surface area contributed by atoms with Gasteiger partial charge in [-0.1, -0.05) is 0 Å². The summed E-state index contributed by atoms with van der Waals surface area (Å²) in [6.45, 7) is 5.48.